The molecule has 5 heteroatoms. The van der Waals surface area contributed by atoms with Crippen molar-refractivity contribution in [3.8, 4) is 0 Å². The average molecular weight is 230 g/mol. The van der Waals surface area contributed by atoms with E-state index >= 15 is 0 Å². The van der Waals surface area contributed by atoms with E-state index in [0.29, 0.717) is 13.2 Å². The van der Waals surface area contributed by atoms with Gasteiger partial charge in [-0.15, -0.1) is 16.7 Å². The van der Waals surface area contributed by atoms with E-state index in [1.54, 1.807) is 7.11 Å². The Morgan fingerprint density at radius 2 is 2.20 bits per heavy atom. The van der Waals surface area contributed by atoms with Crippen molar-refractivity contribution in [1.82, 2.24) is 10.2 Å². The summed E-state index contributed by atoms with van der Waals surface area (Å²) in [6.45, 7) is 3.13. The second kappa shape index (κ2) is 5.88. The van der Waals surface area contributed by atoms with Crippen molar-refractivity contribution in [2.24, 2.45) is 0 Å². The maximum absolute atomic E-state index is 6.04. The predicted molar refractivity (Wildman–Crippen MR) is 61.6 cm³/mol. The van der Waals surface area contributed by atoms with E-state index in [1.807, 2.05) is 31.0 Å². The number of aromatic nitrogens is 2. The van der Waals surface area contributed by atoms with Crippen LogP contribution in [0.15, 0.2) is 12.1 Å². The first-order chi connectivity index (χ1) is 7.13. The van der Waals surface area contributed by atoms with E-state index in [0.717, 1.165) is 11.5 Å². The molecule has 0 N–H and O–H groups in total. The fourth-order valence-electron chi connectivity index (χ4n) is 1.22. The number of hydrogen-bond donors (Lipinski definition) is 0. The van der Waals surface area contributed by atoms with Crippen LogP contribution in [0, 0.1) is 6.92 Å². The normalized spacial score (nSPS) is 12.5. The molecule has 1 aromatic rings. The Hall–Kier alpha value is -0.870. The van der Waals surface area contributed by atoms with Gasteiger partial charge in [0.25, 0.3) is 0 Å². The number of anilines is 1. The van der Waals surface area contributed by atoms with Crippen LogP contribution >= 0.6 is 11.6 Å². The van der Waals surface area contributed by atoms with E-state index in [4.69, 9.17) is 16.3 Å². The van der Waals surface area contributed by atoms with Crippen molar-refractivity contribution in [3.05, 3.63) is 17.8 Å². The molecule has 0 amide bonds. The molecule has 1 heterocycles. The largest absolute Gasteiger partial charge is 0.383 e. The Balaban J connectivity index is 2.53. The molecule has 0 aromatic carbocycles. The Kier molecular flexibility index (Phi) is 4.78. The molecule has 0 bridgehead atoms. The number of methoxy groups -OCH3 is 1. The number of alkyl halides is 1. The topological polar surface area (TPSA) is 38.2 Å². The first-order valence-electron chi connectivity index (χ1n) is 4.78. The highest BCUT2D eigenvalue weighted by Crippen LogP contribution is 2.09. The molecule has 15 heavy (non-hydrogen) atoms. The molecule has 1 rings (SSSR count). The van der Waals surface area contributed by atoms with Gasteiger partial charge in [-0.25, -0.2) is 0 Å². The number of rotatable bonds is 5. The smallest absolute Gasteiger partial charge is 0.151 e. The van der Waals surface area contributed by atoms with Crippen molar-refractivity contribution in [1.29, 1.82) is 0 Å². The van der Waals surface area contributed by atoms with Crippen LogP contribution in [0.3, 0.4) is 0 Å². The third-order valence-corrected chi connectivity index (χ3v) is 2.26. The second-order valence-corrected chi connectivity index (χ2v) is 4.08. The Labute approximate surface area is 95.2 Å². The van der Waals surface area contributed by atoms with Crippen LogP contribution in [0.5, 0.6) is 0 Å². The molecule has 0 aliphatic carbocycles. The van der Waals surface area contributed by atoms with Crippen molar-refractivity contribution >= 4 is 17.4 Å². The third kappa shape index (κ3) is 4.01. The van der Waals surface area contributed by atoms with Gasteiger partial charge in [-0.1, -0.05) is 0 Å². The van der Waals surface area contributed by atoms with Crippen LogP contribution in [0.4, 0.5) is 5.82 Å². The Morgan fingerprint density at radius 1 is 1.47 bits per heavy atom. The number of aryl methyl sites for hydroxylation is 1. The highest BCUT2D eigenvalue weighted by Gasteiger charge is 2.09. The molecular weight excluding hydrogens is 214 g/mol. The number of halogens is 1. The van der Waals surface area contributed by atoms with Gasteiger partial charge in [0.1, 0.15) is 0 Å². The van der Waals surface area contributed by atoms with Crippen LogP contribution in [0.2, 0.25) is 0 Å². The van der Waals surface area contributed by atoms with Crippen molar-refractivity contribution in [2.45, 2.75) is 12.3 Å². The fourth-order valence-corrected chi connectivity index (χ4v) is 1.55. The summed E-state index contributed by atoms with van der Waals surface area (Å²) in [5.74, 6) is 0.822. The molecule has 0 saturated heterocycles. The molecule has 84 valence electrons. The summed E-state index contributed by atoms with van der Waals surface area (Å²) < 4.78 is 4.96. The molecule has 4 nitrogen and oxygen atoms in total. The van der Waals surface area contributed by atoms with Crippen molar-refractivity contribution in [2.75, 3.05) is 32.2 Å². The van der Waals surface area contributed by atoms with Gasteiger partial charge in [0.2, 0.25) is 0 Å². The molecule has 0 saturated carbocycles. The van der Waals surface area contributed by atoms with Gasteiger partial charge < -0.3 is 9.64 Å². The quantitative estimate of drug-likeness (QED) is 0.717. The summed E-state index contributed by atoms with van der Waals surface area (Å²) in [6, 6.07) is 3.86. The third-order valence-electron chi connectivity index (χ3n) is 1.99. The molecule has 0 aliphatic heterocycles. The van der Waals surface area contributed by atoms with E-state index in [9.17, 15) is 0 Å². The summed E-state index contributed by atoms with van der Waals surface area (Å²) >= 11 is 6.04. The Bertz CT molecular complexity index is 291. The van der Waals surface area contributed by atoms with Gasteiger partial charge in [0.05, 0.1) is 17.7 Å². The lowest BCUT2D eigenvalue weighted by atomic mass is 10.3. The van der Waals surface area contributed by atoms with Gasteiger partial charge >= 0.3 is 0 Å². The monoisotopic (exact) mass is 229 g/mol. The molecular formula is C10H16ClN3O. The zero-order valence-corrected chi connectivity index (χ0v) is 10.0. The predicted octanol–water partition coefficient (Wildman–Crippen LogP) is 1.48. The maximum atomic E-state index is 6.04. The lowest BCUT2D eigenvalue weighted by Crippen LogP contribution is -2.29. The number of hydrogen-bond acceptors (Lipinski definition) is 4. The fraction of sp³-hybridized carbons (Fsp3) is 0.600. The molecule has 0 fully saturated rings. The minimum absolute atomic E-state index is 0.0388. The summed E-state index contributed by atoms with van der Waals surface area (Å²) in [5.41, 5.74) is 0.909. The lowest BCUT2D eigenvalue weighted by molar-refractivity contribution is 0.199. The van der Waals surface area contributed by atoms with Crippen molar-refractivity contribution < 1.29 is 4.74 Å². The van der Waals surface area contributed by atoms with Crippen LogP contribution < -0.4 is 4.90 Å². The van der Waals surface area contributed by atoms with Crippen molar-refractivity contribution in [3.63, 3.8) is 0 Å². The highest BCUT2D eigenvalue weighted by atomic mass is 35.5. The van der Waals surface area contributed by atoms with E-state index in [1.165, 1.54) is 0 Å². The first kappa shape index (κ1) is 12.2. The molecule has 1 unspecified atom stereocenters. The summed E-state index contributed by atoms with van der Waals surface area (Å²) in [7, 11) is 3.57. The molecule has 1 atom stereocenters. The van der Waals surface area contributed by atoms with Gasteiger partial charge in [-0.05, 0) is 19.1 Å². The summed E-state index contributed by atoms with van der Waals surface area (Å²) in [6.07, 6.45) is 0. The lowest BCUT2D eigenvalue weighted by Gasteiger charge is -2.20. The average Bonchev–Trinajstić information content (AvgIpc) is 2.18. The Morgan fingerprint density at radius 3 is 2.73 bits per heavy atom. The summed E-state index contributed by atoms with van der Waals surface area (Å²) in [5, 5.41) is 8.02. The first-order valence-corrected chi connectivity index (χ1v) is 5.21. The minimum atomic E-state index is -0.0388. The zero-order chi connectivity index (χ0) is 11.3. The van der Waals surface area contributed by atoms with Crippen LogP contribution in [-0.2, 0) is 4.74 Å². The SMILES string of the molecule is COCC(Cl)CN(C)c1ccc(C)nn1. The second-order valence-electron chi connectivity index (χ2n) is 3.47. The van der Waals surface area contributed by atoms with Gasteiger partial charge in [0, 0.05) is 20.7 Å². The summed E-state index contributed by atoms with van der Waals surface area (Å²) in [4.78, 5) is 1.96. The molecule has 0 spiro atoms. The van der Waals surface area contributed by atoms with E-state index in [2.05, 4.69) is 10.2 Å². The van der Waals surface area contributed by atoms with Gasteiger partial charge in [-0.2, -0.15) is 5.10 Å². The highest BCUT2D eigenvalue weighted by molar-refractivity contribution is 6.21. The molecule has 0 aliphatic rings. The standard InChI is InChI=1S/C10H16ClN3O/c1-8-4-5-10(13-12-8)14(2)6-9(11)7-15-3/h4-5,9H,6-7H2,1-3H3. The number of nitrogens with zero attached hydrogens (tertiary/aromatic N) is 3. The minimum Gasteiger partial charge on any atom is -0.383 e. The maximum Gasteiger partial charge on any atom is 0.151 e. The molecule has 0 radical (unpaired) electrons. The van der Waals surface area contributed by atoms with E-state index in [-0.39, 0.29) is 5.38 Å². The van der Waals surface area contributed by atoms with Crippen LogP contribution in [0.25, 0.3) is 0 Å². The van der Waals surface area contributed by atoms with E-state index < -0.39 is 0 Å². The zero-order valence-electron chi connectivity index (χ0n) is 9.27. The van der Waals surface area contributed by atoms with Crippen LogP contribution in [0.1, 0.15) is 5.69 Å². The van der Waals surface area contributed by atoms with Gasteiger partial charge in [-0.3, -0.25) is 0 Å². The molecule has 1 aromatic heterocycles. The van der Waals surface area contributed by atoms with Gasteiger partial charge in [0.15, 0.2) is 5.82 Å². The number of ether oxygens (including phenoxy) is 1. The van der Waals surface area contributed by atoms with Crippen LogP contribution in [-0.4, -0.2) is 42.9 Å².